The molecule has 0 aliphatic carbocycles. The number of aromatic nitrogens is 2. The summed E-state index contributed by atoms with van der Waals surface area (Å²) in [7, 11) is 3.75. The van der Waals surface area contributed by atoms with Gasteiger partial charge in [0.2, 0.25) is 5.91 Å². The fraction of sp³-hybridized carbons (Fsp3) is 0.300. The number of rotatable bonds is 4. The van der Waals surface area contributed by atoms with Crippen LogP contribution in [-0.4, -0.2) is 34.9 Å². The highest BCUT2D eigenvalue weighted by Crippen LogP contribution is 2.29. The summed E-state index contributed by atoms with van der Waals surface area (Å²) in [6.45, 7) is 5.91. The average molecular weight is 352 g/mol. The third kappa shape index (κ3) is 3.28. The number of amides is 1. The number of benzene rings is 2. The molecule has 26 heavy (non-hydrogen) atoms. The summed E-state index contributed by atoms with van der Waals surface area (Å²) in [6, 6.07) is 9.41. The van der Waals surface area contributed by atoms with Crippen LogP contribution in [0.15, 0.2) is 35.1 Å². The molecule has 1 atom stereocenters. The molecule has 1 aromatic heterocycles. The zero-order valence-electron chi connectivity index (χ0n) is 15.7. The maximum Gasteiger partial charge on any atom is 0.323 e. The Morgan fingerprint density at radius 3 is 2.35 bits per heavy atom. The van der Waals surface area contributed by atoms with E-state index in [1.54, 1.807) is 0 Å². The highest BCUT2D eigenvalue weighted by Gasteiger charge is 2.24. The number of H-pyrrole nitrogens is 2. The van der Waals surface area contributed by atoms with Crippen molar-refractivity contribution in [2.75, 3.05) is 19.4 Å². The molecular weight excluding hydrogens is 328 g/mol. The van der Waals surface area contributed by atoms with Gasteiger partial charge in [-0.15, -0.1) is 0 Å². The van der Waals surface area contributed by atoms with E-state index in [9.17, 15) is 9.59 Å². The van der Waals surface area contributed by atoms with Gasteiger partial charge in [0.25, 0.3) is 0 Å². The molecule has 0 aliphatic rings. The second-order valence-electron chi connectivity index (χ2n) is 6.96. The largest absolute Gasteiger partial charge is 0.323 e. The highest BCUT2D eigenvalue weighted by atomic mass is 16.2. The standard InChI is InChI=1S/C20H24N4O2/c1-11-6-8-14(9-7-11)18(24(4)5)19(25)22-16-13(3)12(2)10-15-17(16)23-20(26)21-15/h6-10,18H,1-5H3,(H,22,25)(H2,21,23,26). The monoisotopic (exact) mass is 352 g/mol. The van der Waals surface area contributed by atoms with Crippen molar-refractivity contribution in [2.45, 2.75) is 26.8 Å². The second kappa shape index (κ2) is 6.80. The van der Waals surface area contributed by atoms with Gasteiger partial charge in [-0.3, -0.25) is 9.69 Å². The van der Waals surface area contributed by atoms with Crippen molar-refractivity contribution in [1.82, 2.24) is 14.9 Å². The lowest BCUT2D eigenvalue weighted by Gasteiger charge is -2.24. The number of hydrogen-bond donors (Lipinski definition) is 3. The number of hydrogen-bond acceptors (Lipinski definition) is 3. The topological polar surface area (TPSA) is 81.0 Å². The van der Waals surface area contributed by atoms with Crippen LogP contribution in [0, 0.1) is 20.8 Å². The zero-order valence-corrected chi connectivity index (χ0v) is 15.7. The molecule has 3 N–H and O–H groups in total. The molecule has 6 heteroatoms. The van der Waals surface area contributed by atoms with Gasteiger partial charge in [0.05, 0.1) is 16.7 Å². The Balaban J connectivity index is 2.03. The van der Waals surface area contributed by atoms with Crippen molar-refractivity contribution in [3.05, 3.63) is 63.1 Å². The van der Waals surface area contributed by atoms with Crippen LogP contribution in [0.2, 0.25) is 0 Å². The number of imidazole rings is 1. The average Bonchev–Trinajstić information content (AvgIpc) is 2.93. The van der Waals surface area contributed by atoms with E-state index in [1.165, 1.54) is 0 Å². The van der Waals surface area contributed by atoms with Crippen molar-refractivity contribution < 1.29 is 4.79 Å². The predicted molar refractivity (Wildman–Crippen MR) is 105 cm³/mol. The molecular formula is C20H24N4O2. The minimum Gasteiger partial charge on any atom is -0.322 e. The summed E-state index contributed by atoms with van der Waals surface area (Å²) < 4.78 is 0. The summed E-state index contributed by atoms with van der Waals surface area (Å²) in [5, 5.41) is 3.03. The maximum absolute atomic E-state index is 13.1. The first kappa shape index (κ1) is 17.9. The van der Waals surface area contributed by atoms with Crippen molar-refractivity contribution in [3.8, 4) is 0 Å². The van der Waals surface area contributed by atoms with Gasteiger partial charge in [-0.1, -0.05) is 29.8 Å². The summed E-state index contributed by atoms with van der Waals surface area (Å²) >= 11 is 0. The van der Waals surface area contributed by atoms with E-state index >= 15 is 0 Å². The molecule has 3 aromatic rings. The van der Waals surface area contributed by atoms with E-state index in [0.29, 0.717) is 16.7 Å². The molecule has 0 saturated carbocycles. The zero-order chi connectivity index (χ0) is 19.0. The molecule has 1 heterocycles. The highest BCUT2D eigenvalue weighted by molar-refractivity contribution is 6.03. The van der Waals surface area contributed by atoms with Crippen molar-refractivity contribution >= 4 is 22.6 Å². The predicted octanol–water partition coefficient (Wildman–Crippen LogP) is 3.02. The van der Waals surface area contributed by atoms with Gasteiger partial charge in [-0.25, -0.2) is 4.79 Å². The fourth-order valence-corrected chi connectivity index (χ4v) is 3.19. The number of nitrogens with one attached hydrogen (secondary N) is 3. The van der Waals surface area contributed by atoms with Crippen molar-refractivity contribution in [1.29, 1.82) is 0 Å². The Kier molecular flexibility index (Phi) is 4.70. The van der Waals surface area contributed by atoms with Crippen LogP contribution in [-0.2, 0) is 4.79 Å². The molecule has 136 valence electrons. The first-order chi connectivity index (χ1) is 12.3. The summed E-state index contributed by atoms with van der Waals surface area (Å²) in [6.07, 6.45) is 0. The van der Waals surface area contributed by atoms with Gasteiger partial charge in [0.15, 0.2) is 0 Å². The van der Waals surface area contributed by atoms with Crippen LogP contribution in [0.5, 0.6) is 0 Å². The number of aromatic amines is 2. The molecule has 0 spiro atoms. The SMILES string of the molecule is Cc1ccc(C(C(=O)Nc2c(C)c(C)cc3[nH]c(=O)[nH]c23)N(C)C)cc1. The van der Waals surface area contributed by atoms with E-state index in [1.807, 2.05) is 70.1 Å². The molecule has 1 amide bonds. The lowest BCUT2D eigenvalue weighted by molar-refractivity contribution is -0.120. The number of anilines is 1. The van der Waals surface area contributed by atoms with Crippen LogP contribution in [0.4, 0.5) is 5.69 Å². The molecule has 2 aromatic carbocycles. The van der Waals surface area contributed by atoms with Gasteiger partial charge in [0.1, 0.15) is 6.04 Å². The molecule has 0 bridgehead atoms. The fourth-order valence-electron chi connectivity index (χ4n) is 3.19. The van der Waals surface area contributed by atoms with Gasteiger partial charge in [-0.05, 0) is 57.6 Å². The van der Waals surface area contributed by atoms with Crippen molar-refractivity contribution in [2.24, 2.45) is 0 Å². The van der Waals surface area contributed by atoms with Crippen LogP contribution in [0.1, 0.15) is 28.3 Å². The number of likely N-dealkylation sites (N-methyl/N-ethyl adjacent to an activating group) is 1. The van der Waals surface area contributed by atoms with Gasteiger partial charge < -0.3 is 15.3 Å². The number of nitrogens with zero attached hydrogens (tertiary/aromatic N) is 1. The lowest BCUT2D eigenvalue weighted by Crippen LogP contribution is -2.32. The Morgan fingerprint density at radius 2 is 1.73 bits per heavy atom. The quantitative estimate of drug-likeness (QED) is 0.675. The summed E-state index contributed by atoms with van der Waals surface area (Å²) in [4.78, 5) is 32.2. The smallest absolute Gasteiger partial charge is 0.322 e. The van der Waals surface area contributed by atoms with Crippen LogP contribution in [0.25, 0.3) is 11.0 Å². The molecule has 0 fully saturated rings. The molecule has 6 nitrogen and oxygen atoms in total. The van der Waals surface area contributed by atoms with Crippen LogP contribution >= 0.6 is 0 Å². The van der Waals surface area contributed by atoms with E-state index < -0.39 is 6.04 Å². The van der Waals surface area contributed by atoms with Gasteiger partial charge in [-0.2, -0.15) is 0 Å². The first-order valence-corrected chi connectivity index (χ1v) is 8.54. The van der Waals surface area contributed by atoms with Gasteiger partial charge in [0, 0.05) is 0 Å². The third-order valence-electron chi connectivity index (χ3n) is 4.74. The lowest BCUT2D eigenvalue weighted by atomic mass is 10.0. The van der Waals surface area contributed by atoms with Crippen molar-refractivity contribution in [3.63, 3.8) is 0 Å². The van der Waals surface area contributed by atoms with Crippen LogP contribution < -0.4 is 11.0 Å². The summed E-state index contributed by atoms with van der Waals surface area (Å²) in [5.41, 5.74) is 5.65. The Bertz CT molecular complexity index is 1010. The minimum absolute atomic E-state index is 0.143. The van der Waals surface area contributed by atoms with E-state index in [-0.39, 0.29) is 11.6 Å². The Labute approximate surface area is 152 Å². The molecule has 0 saturated heterocycles. The number of fused-ring (bicyclic) bond motifs is 1. The molecule has 0 radical (unpaired) electrons. The maximum atomic E-state index is 13.1. The molecule has 0 aliphatic heterocycles. The number of carbonyl (C=O) groups excluding carboxylic acids is 1. The van der Waals surface area contributed by atoms with E-state index in [2.05, 4.69) is 15.3 Å². The normalized spacial score (nSPS) is 12.5. The van der Waals surface area contributed by atoms with E-state index in [4.69, 9.17) is 0 Å². The van der Waals surface area contributed by atoms with Crippen LogP contribution in [0.3, 0.4) is 0 Å². The third-order valence-corrected chi connectivity index (χ3v) is 4.74. The number of aryl methyl sites for hydroxylation is 2. The Hall–Kier alpha value is -2.86. The van der Waals surface area contributed by atoms with E-state index in [0.717, 1.165) is 22.3 Å². The first-order valence-electron chi connectivity index (χ1n) is 8.54. The minimum atomic E-state index is -0.434. The molecule has 1 unspecified atom stereocenters. The van der Waals surface area contributed by atoms with Gasteiger partial charge >= 0.3 is 5.69 Å². The molecule has 3 rings (SSSR count). The second-order valence-corrected chi connectivity index (χ2v) is 6.96. The summed E-state index contributed by atoms with van der Waals surface area (Å²) in [5.74, 6) is -0.143. The Morgan fingerprint density at radius 1 is 1.08 bits per heavy atom. The number of carbonyl (C=O) groups is 1.